The molecule has 2 heterocycles. The number of nitriles is 1. The predicted octanol–water partition coefficient (Wildman–Crippen LogP) is 7.17. The van der Waals surface area contributed by atoms with Crippen LogP contribution in [0, 0.1) is 23.0 Å². The van der Waals surface area contributed by atoms with Crippen molar-refractivity contribution in [1.29, 1.82) is 5.26 Å². The molecule has 2 aromatic heterocycles. The molecule has 0 aliphatic heterocycles. The van der Waals surface area contributed by atoms with Gasteiger partial charge in [-0.15, -0.1) is 0 Å². The molecule has 0 atom stereocenters. The van der Waals surface area contributed by atoms with Gasteiger partial charge in [0, 0.05) is 23.0 Å². The van der Waals surface area contributed by atoms with E-state index in [-0.39, 0.29) is 22.9 Å². The van der Waals surface area contributed by atoms with Crippen LogP contribution in [0.2, 0.25) is 0 Å². The average Bonchev–Trinajstić information content (AvgIpc) is 3.71. The Morgan fingerprint density at radius 1 is 0.889 bits per heavy atom. The molecular formula is C36H24F2N4O3. The van der Waals surface area contributed by atoms with Crippen LogP contribution in [0.3, 0.4) is 0 Å². The minimum atomic E-state index is -1.03. The van der Waals surface area contributed by atoms with Crippen molar-refractivity contribution >= 4 is 33.7 Å². The number of nitrogens with zero attached hydrogens (tertiary/aromatic N) is 3. The summed E-state index contributed by atoms with van der Waals surface area (Å²) < 4.78 is 30.3. The number of nitrogens with one attached hydrogen (secondary N) is 1. The normalized spacial score (nSPS) is 13.4. The van der Waals surface area contributed by atoms with Crippen molar-refractivity contribution in [2.45, 2.75) is 24.9 Å². The Kier molecular flexibility index (Phi) is 6.63. The number of pyridine rings is 1. The predicted molar refractivity (Wildman–Crippen MR) is 165 cm³/mol. The zero-order valence-electron chi connectivity index (χ0n) is 23.7. The molecule has 45 heavy (non-hydrogen) atoms. The number of hydrogen-bond acceptors (Lipinski definition) is 4. The van der Waals surface area contributed by atoms with Crippen molar-refractivity contribution < 1.29 is 23.5 Å². The summed E-state index contributed by atoms with van der Waals surface area (Å²) in [6, 6.07) is 26.1. The van der Waals surface area contributed by atoms with Gasteiger partial charge in [-0.25, -0.2) is 13.6 Å². The van der Waals surface area contributed by atoms with Crippen LogP contribution in [0.15, 0.2) is 97.2 Å². The standard InChI is InChI=1S/C36H24F2N4O3/c37-28-7-3-22-4-8-30(40-32(22)18-28)20-42-12-9-24-15-26(25-13-21(19-39)14-29(38)16-25)17-31(33(24)42)34(43)41-36(10-11-36)27-5-1-23(2-6-27)35(44)45/h1-9,12-18H,10-11,20H2,(H,41,43)(H,44,45). The lowest BCUT2D eigenvalue weighted by Gasteiger charge is -2.20. The van der Waals surface area contributed by atoms with Gasteiger partial charge in [0.1, 0.15) is 11.6 Å². The molecule has 0 saturated heterocycles. The highest BCUT2D eigenvalue weighted by atomic mass is 19.1. The Morgan fingerprint density at radius 3 is 2.38 bits per heavy atom. The summed E-state index contributed by atoms with van der Waals surface area (Å²) >= 11 is 0. The number of fused-ring (bicyclic) bond motifs is 2. The molecule has 0 spiro atoms. The van der Waals surface area contributed by atoms with Crippen molar-refractivity contribution in [3.8, 4) is 17.2 Å². The second kappa shape index (κ2) is 10.7. The fourth-order valence-corrected chi connectivity index (χ4v) is 5.86. The van der Waals surface area contributed by atoms with Gasteiger partial charge in [0.25, 0.3) is 5.91 Å². The molecule has 6 aromatic rings. The monoisotopic (exact) mass is 598 g/mol. The summed E-state index contributed by atoms with van der Waals surface area (Å²) in [5.41, 5.74) is 3.66. The molecule has 2 N–H and O–H groups in total. The first-order chi connectivity index (χ1) is 21.7. The molecule has 4 aromatic carbocycles. The summed E-state index contributed by atoms with van der Waals surface area (Å²) in [7, 11) is 0. The quantitative estimate of drug-likeness (QED) is 0.203. The van der Waals surface area contributed by atoms with E-state index in [4.69, 9.17) is 0 Å². The summed E-state index contributed by atoms with van der Waals surface area (Å²) in [4.78, 5) is 30.1. The molecule has 220 valence electrons. The topological polar surface area (TPSA) is 108 Å². The second-order valence-electron chi connectivity index (χ2n) is 11.3. The number of hydrogen-bond donors (Lipinski definition) is 2. The molecule has 7 rings (SSSR count). The number of aromatic nitrogens is 2. The Hall–Kier alpha value is -5.88. The van der Waals surface area contributed by atoms with Gasteiger partial charge in [-0.05, 0) is 96.3 Å². The van der Waals surface area contributed by atoms with Crippen LogP contribution in [0.25, 0.3) is 32.9 Å². The lowest BCUT2D eigenvalue weighted by Crippen LogP contribution is -2.35. The van der Waals surface area contributed by atoms with E-state index in [9.17, 15) is 28.7 Å². The van der Waals surface area contributed by atoms with Crippen LogP contribution >= 0.6 is 0 Å². The number of carboxylic acids is 1. The third kappa shape index (κ3) is 5.27. The van der Waals surface area contributed by atoms with E-state index in [0.717, 1.165) is 22.4 Å². The van der Waals surface area contributed by atoms with Gasteiger partial charge in [0.2, 0.25) is 0 Å². The van der Waals surface area contributed by atoms with Crippen molar-refractivity contribution in [2.24, 2.45) is 0 Å². The van der Waals surface area contributed by atoms with Crippen molar-refractivity contribution in [3.63, 3.8) is 0 Å². The van der Waals surface area contributed by atoms with Gasteiger partial charge in [0.15, 0.2) is 0 Å². The van der Waals surface area contributed by atoms with E-state index in [1.54, 1.807) is 30.3 Å². The Labute approximate surface area is 256 Å². The maximum atomic E-state index is 14.5. The average molecular weight is 599 g/mol. The molecule has 0 bridgehead atoms. The molecule has 1 fully saturated rings. The third-order valence-corrected chi connectivity index (χ3v) is 8.30. The van der Waals surface area contributed by atoms with E-state index in [0.29, 0.717) is 52.8 Å². The number of halogens is 2. The van der Waals surface area contributed by atoms with Crippen LogP contribution in [-0.4, -0.2) is 26.5 Å². The minimum Gasteiger partial charge on any atom is -0.478 e. The lowest BCUT2D eigenvalue weighted by molar-refractivity contribution is 0.0696. The lowest BCUT2D eigenvalue weighted by atomic mass is 9.97. The van der Waals surface area contributed by atoms with Crippen molar-refractivity contribution in [2.75, 3.05) is 0 Å². The van der Waals surface area contributed by atoms with Crippen molar-refractivity contribution in [1.82, 2.24) is 14.9 Å². The Bertz CT molecular complexity index is 2210. The van der Waals surface area contributed by atoms with Gasteiger partial charge >= 0.3 is 5.97 Å². The molecule has 1 aliphatic rings. The molecule has 0 radical (unpaired) electrons. The van der Waals surface area contributed by atoms with Gasteiger partial charge in [-0.3, -0.25) is 9.78 Å². The van der Waals surface area contributed by atoms with E-state index < -0.39 is 17.3 Å². The summed E-state index contributed by atoms with van der Waals surface area (Å²) in [6.45, 7) is 0.302. The van der Waals surface area contributed by atoms with Gasteiger partial charge in [-0.1, -0.05) is 18.2 Å². The molecule has 1 amide bonds. The zero-order valence-corrected chi connectivity index (χ0v) is 23.7. The maximum Gasteiger partial charge on any atom is 0.335 e. The highest BCUT2D eigenvalue weighted by Crippen LogP contribution is 2.46. The largest absolute Gasteiger partial charge is 0.478 e. The van der Waals surface area contributed by atoms with E-state index in [1.807, 2.05) is 41.1 Å². The van der Waals surface area contributed by atoms with Crippen LogP contribution < -0.4 is 5.32 Å². The first kappa shape index (κ1) is 27.9. The number of carbonyl (C=O) groups is 2. The summed E-state index contributed by atoms with van der Waals surface area (Å²) in [5, 5.41) is 23.4. The number of benzene rings is 4. The third-order valence-electron chi connectivity index (χ3n) is 8.30. The molecule has 0 unspecified atom stereocenters. The zero-order chi connectivity index (χ0) is 31.3. The van der Waals surface area contributed by atoms with E-state index >= 15 is 0 Å². The Balaban J connectivity index is 1.32. The van der Waals surface area contributed by atoms with Gasteiger partial charge < -0.3 is 15.0 Å². The minimum absolute atomic E-state index is 0.157. The van der Waals surface area contributed by atoms with E-state index in [2.05, 4.69) is 10.3 Å². The van der Waals surface area contributed by atoms with Crippen LogP contribution in [0.5, 0.6) is 0 Å². The molecule has 9 heteroatoms. The van der Waals surface area contributed by atoms with E-state index in [1.165, 1.54) is 30.3 Å². The molecular weight excluding hydrogens is 574 g/mol. The summed E-state index contributed by atoms with van der Waals surface area (Å²) in [5.74, 6) is -2.33. The van der Waals surface area contributed by atoms with Crippen LogP contribution in [0.1, 0.15) is 50.4 Å². The SMILES string of the molecule is N#Cc1cc(F)cc(-c2cc(C(=O)NC3(c4ccc(C(=O)O)cc4)CC3)c3c(ccn3Cc3ccc4ccc(F)cc4n3)c2)c1. The number of carbonyl (C=O) groups excluding carboxylic acids is 1. The summed E-state index contributed by atoms with van der Waals surface area (Å²) in [6.07, 6.45) is 3.20. The number of aromatic carboxylic acids is 1. The van der Waals surface area contributed by atoms with Crippen LogP contribution in [-0.2, 0) is 12.1 Å². The van der Waals surface area contributed by atoms with Crippen LogP contribution in [0.4, 0.5) is 8.78 Å². The highest BCUT2D eigenvalue weighted by molar-refractivity contribution is 6.08. The van der Waals surface area contributed by atoms with Gasteiger partial charge in [0.05, 0.1) is 51.6 Å². The molecule has 7 nitrogen and oxygen atoms in total. The molecule has 1 aliphatic carbocycles. The first-order valence-electron chi connectivity index (χ1n) is 14.3. The second-order valence-corrected chi connectivity index (χ2v) is 11.3. The fourth-order valence-electron chi connectivity index (χ4n) is 5.86. The smallest absolute Gasteiger partial charge is 0.335 e. The Morgan fingerprint density at radius 2 is 1.64 bits per heavy atom. The maximum absolute atomic E-state index is 14.5. The number of rotatable bonds is 7. The number of carboxylic acid groups (broad SMARTS) is 1. The van der Waals surface area contributed by atoms with Crippen molar-refractivity contribution in [3.05, 3.63) is 137 Å². The fraction of sp³-hybridized carbons (Fsp3) is 0.111. The number of amides is 1. The molecule has 1 saturated carbocycles. The first-order valence-corrected chi connectivity index (χ1v) is 14.3. The highest BCUT2D eigenvalue weighted by Gasteiger charge is 2.46. The van der Waals surface area contributed by atoms with Gasteiger partial charge in [-0.2, -0.15) is 5.26 Å².